The van der Waals surface area contributed by atoms with E-state index < -0.39 is 0 Å². The number of aryl methyl sites for hydroxylation is 1. The molecule has 0 spiro atoms. The maximum atomic E-state index is 7.76. The molecule has 1 saturated heterocycles. The van der Waals surface area contributed by atoms with E-state index in [9.17, 15) is 0 Å². The van der Waals surface area contributed by atoms with Crippen LogP contribution in [0, 0.1) is 5.41 Å². The highest BCUT2D eigenvalue weighted by Gasteiger charge is 2.26. The smallest absolute Gasteiger partial charge is 0.130 e. The monoisotopic (exact) mass is 331 g/mol. The summed E-state index contributed by atoms with van der Waals surface area (Å²) < 4.78 is 0. The van der Waals surface area contributed by atoms with E-state index >= 15 is 0 Å². The topological polar surface area (TPSA) is 39.5 Å². The Morgan fingerprint density at radius 3 is 2.87 bits per heavy atom. The average molecular weight is 332 g/mol. The van der Waals surface area contributed by atoms with Crippen molar-refractivity contribution in [3.05, 3.63) is 46.2 Å². The predicted octanol–water partition coefficient (Wildman–Crippen LogP) is 5.40. The lowest BCUT2D eigenvalue weighted by atomic mass is 9.98. The van der Waals surface area contributed by atoms with Gasteiger partial charge in [-0.15, -0.1) is 0 Å². The molecule has 0 aliphatic carbocycles. The largest absolute Gasteiger partial charge is 0.349 e. The van der Waals surface area contributed by atoms with Gasteiger partial charge in [0, 0.05) is 23.4 Å². The van der Waals surface area contributed by atoms with Gasteiger partial charge in [0.25, 0.3) is 0 Å². The van der Waals surface area contributed by atoms with Crippen LogP contribution in [0.1, 0.15) is 56.7 Å². The number of allylic oxidation sites excluding steroid dienone is 1. The molecule has 1 fully saturated rings. The Balaban J connectivity index is 2.46. The zero-order valence-corrected chi connectivity index (χ0v) is 14.9. The van der Waals surface area contributed by atoms with Crippen LogP contribution in [0.4, 0.5) is 0 Å². The molecule has 0 bridgehead atoms. The Kier molecular flexibility index (Phi) is 6.40. The number of aliphatic imine (C=N–C) groups is 1. The molecule has 1 unspecified atom stereocenters. The van der Waals surface area contributed by atoms with Crippen molar-refractivity contribution in [2.24, 2.45) is 4.99 Å². The Morgan fingerprint density at radius 2 is 2.22 bits per heavy atom. The molecule has 3 nitrogen and oxygen atoms in total. The first-order valence-electron chi connectivity index (χ1n) is 8.35. The zero-order chi connectivity index (χ0) is 16.8. The fraction of sp³-hybridized carbons (Fsp3) is 0.474. The van der Waals surface area contributed by atoms with Gasteiger partial charge >= 0.3 is 0 Å². The molecule has 23 heavy (non-hydrogen) atoms. The molecule has 1 heterocycles. The maximum absolute atomic E-state index is 7.76. The summed E-state index contributed by atoms with van der Waals surface area (Å²) in [5.41, 5.74) is 2.96. The van der Waals surface area contributed by atoms with E-state index in [1.807, 2.05) is 6.07 Å². The fourth-order valence-electron chi connectivity index (χ4n) is 3.19. The van der Waals surface area contributed by atoms with Crippen LogP contribution in [0.2, 0.25) is 5.02 Å². The normalized spacial score (nSPS) is 19.3. The van der Waals surface area contributed by atoms with E-state index in [4.69, 9.17) is 17.0 Å². The minimum atomic E-state index is 0.201. The molecular formula is C19H26ClN3. The molecular weight excluding hydrogens is 306 g/mol. The summed E-state index contributed by atoms with van der Waals surface area (Å²) in [6.07, 6.45) is 7.37. The molecule has 0 saturated carbocycles. The fourth-order valence-corrected chi connectivity index (χ4v) is 3.43. The van der Waals surface area contributed by atoms with Gasteiger partial charge in [0.1, 0.15) is 5.82 Å². The number of nitrogens with zero attached hydrogens (tertiary/aromatic N) is 2. The first-order valence-corrected chi connectivity index (χ1v) is 8.73. The number of hydrogen-bond donors (Lipinski definition) is 1. The van der Waals surface area contributed by atoms with E-state index in [1.165, 1.54) is 24.0 Å². The third kappa shape index (κ3) is 4.44. The van der Waals surface area contributed by atoms with E-state index in [0.29, 0.717) is 5.71 Å². The highest BCUT2D eigenvalue weighted by molar-refractivity contribution is 6.31. The van der Waals surface area contributed by atoms with Gasteiger partial charge in [-0.05, 0) is 50.1 Å². The van der Waals surface area contributed by atoms with E-state index in [0.717, 1.165) is 36.7 Å². The Hall–Kier alpha value is -1.61. The maximum Gasteiger partial charge on any atom is 0.130 e. The van der Waals surface area contributed by atoms with Gasteiger partial charge in [0.15, 0.2) is 0 Å². The molecule has 1 aliphatic heterocycles. The van der Waals surface area contributed by atoms with Gasteiger partial charge in [-0.25, -0.2) is 4.99 Å². The van der Waals surface area contributed by atoms with E-state index in [1.54, 1.807) is 13.0 Å². The van der Waals surface area contributed by atoms with Crippen LogP contribution in [-0.4, -0.2) is 23.9 Å². The SMILES string of the molecule is C=N/C(=C\C(C)=N)N1CCCCCC1c1cc(CC)ccc1Cl. The van der Waals surface area contributed by atoms with Gasteiger partial charge in [-0.2, -0.15) is 0 Å². The Morgan fingerprint density at radius 1 is 1.43 bits per heavy atom. The molecule has 1 aromatic rings. The van der Waals surface area contributed by atoms with Crippen LogP contribution >= 0.6 is 11.6 Å². The van der Waals surface area contributed by atoms with E-state index in [-0.39, 0.29) is 6.04 Å². The first kappa shape index (κ1) is 17.7. The van der Waals surface area contributed by atoms with Crippen molar-refractivity contribution in [2.75, 3.05) is 6.54 Å². The lowest BCUT2D eigenvalue weighted by Gasteiger charge is -2.33. The van der Waals surface area contributed by atoms with Crippen LogP contribution < -0.4 is 0 Å². The van der Waals surface area contributed by atoms with Crippen molar-refractivity contribution in [3.63, 3.8) is 0 Å². The van der Waals surface area contributed by atoms with Crippen LogP contribution in [0.5, 0.6) is 0 Å². The van der Waals surface area contributed by atoms with Crippen molar-refractivity contribution in [1.82, 2.24) is 4.90 Å². The van der Waals surface area contributed by atoms with Crippen molar-refractivity contribution in [3.8, 4) is 0 Å². The van der Waals surface area contributed by atoms with Crippen molar-refractivity contribution in [1.29, 1.82) is 5.41 Å². The molecule has 0 aromatic heterocycles. The minimum absolute atomic E-state index is 0.201. The molecule has 4 heteroatoms. The van der Waals surface area contributed by atoms with Crippen molar-refractivity contribution in [2.45, 2.75) is 52.0 Å². The summed E-state index contributed by atoms with van der Waals surface area (Å²) in [5.74, 6) is 0.780. The standard InChI is InChI=1S/C19H26ClN3/c1-4-15-9-10-17(20)16(13-15)18-8-6-5-7-11-23(18)19(22-3)12-14(2)21/h9-10,12-13,18,21H,3-8,11H2,1-2H3/b19-12+,21-14?. The number of rotatable bonds is 5. The molecule has 1 N–H and O–H groups in total. The summed E-state index contributed by atoms with van der Waals surface area (Å²) in [6, 6.07) is 6.53. The molecule has 1 aliphatic rings. The number of benzene rings is 1. The molecule has 2 rings (SSSR count). The second-order valence-corrected chi connectivity index (χ2v) is 6.52. The minimum Gasteiger partial charge on any atom is -0.349 e. The highest BCUT2D eigenvalue weighted by Crippen LogP contribution is 2.37. The number of likely N-dealkylation sites (tertiary alicyclic amines) is 1. The lowest BCUT2D eigenvalue weighted by molar-refractivity contribution is 0.258. The quantitative estimate of drug-likeness (QED) is 0.721. The summed E-state index contributed by atoms with van der Waals surface area (Å²) in [5, 5.41) is 8.58. The van der Waals surface area contributed by atoms with Crippen LogP contribution in [-0.2, 0) is 6.42 Å². The van der Waals surface area contributed by atoms with Crippen molar-refractivity contribution >= 4 is 24.0 Å². The van der Waals surface area contributed by atoms with Crippen molar-refractivity contribution < 1.29 is 0 Å². The van der Waals surface area contributed by atoms with Gasteiger partial charge < -0.3 is 10.3 Å². The lowest BCUT2D eigenvalue weighted by Crippen LogP contribution is -2.28. The summed E-state index contributed by atoms with van der Waals surface area (Å²) in [4.78, 5) is 6.47. The molecule has 0 amide bonds. The van der Waals surface area contributed by atoms with Gasteiger partial charge in [-0.3, -0.25) is 0 Å². The van der Waals surface area contributed by atoms with Gasteiger partial charge in [0.05, 0.1) is 6.04 Å². The third-order valence-electron chi connectivity index (χ3n) is 4.38. The molecule has 0 radical (unpaired) electrons. The number of nitrogens with one attached hydrogen (secondary N) is 1. The van der Waals surface area contributed by atoms with Crippen LogP contribution in [0.15, 0.2) is 35.1 Å². The van der Waals surface area contributed by atoms with Gasteiger partial charge in [0.2, 0.25) is 0 Å². The molecule has 1 aromatic carbocycles. The summed E-state index contributed by atoms with van der Waals surface area (Å²) in [6.45, 7) is 8.57. The predicted molar refractivity (Wildman–Crippen MR) is 99.8 cm³/mol. The third-order valence-corrected chi connectivity index (χ3v) is 4.73. The second-order valence-electron chi connectivity index (χ2n) is 6.11. The summed E-state index contributed by atoms with van der Waals surface area (Å²) in [7, 11) is 0. The second kappa shape index (κ2) is 8.30. The molecule has 1 atom stereocenters. The zero-order valence-electron chi connectivity index (χ0n) is 14.1. The number of hydrogen-bond acceptors (Lipinski definition) is 3. The Labute approximate surface area is 144 Å². The highest BCUT2D eigenvalue weighted by atomic mass is 35.5. The Bertz CT molecular complexity index is 607. The van der Waals surface area contributed by atoms with E-state index in [2.05, 4.69) is 35.7 Å². The first-order chi connectivity index (χ1) is 11.1. The summed E-state index contributed by atoms with van der Waals surface area (Å²) >= 11 is 6.52. The van der Waals surface area contributed by atoms with Crippen LogP contribution in [0.3, 0.4) is 0 Å². The van der Waals surface area contributed by atoms with Gasteiger partial charge in [-0.1, -0.05) is 43.5 Å². The average Bonchev–Trinajstić information content (AvgIpc) is 2.78. The van der Waals surface area contributed by atoms with Crippen LogP contribution in [0.25, 0.3) is 0 Å². The number of halogens is 1. The molecule has 124 valence electrons.